The fourth-order valence-electron chi connectivity index (χ4n) is 3.02. The first-order valence-corrected chi connectivity index (χ1v) is 12.2. The molecule has 0 aliphatic carbocycles. The number of amides is 1. The molecule has 0 atom stereocenters. The summed E-state index contributed by atoms with van der Waals surface area (Å²) in [5.41, 5.74) is 4.35. The molecule has 35 heavy (non-hydrogen) atoms. The summed E-state index contributed by atoms with van der Waals surface area (Å²) in [7, 11) is 1.49. The van der Waals surface area contributed by atoms with Crippen LogP contribution in [0.15, 0.2) is 64.2 Å². The molecule has 0 fully saturated rings. The lowest BCUT2D eigenvalue weighted by Gasteiger charge is -2.14. The van der Waals surface area contributed by atoms with E-state index in [1.807, 2.05) is 13.0 Å². The Hall–Kier alpha value is -3.19. The summed E-state index contributed by atoms with van der Waals surface area (Å²) in [6.45, 7) is 2.50. The van der Waals surface area contributed by atoms with E-state index in [4.69, 9.17) is 14.2 Å². The van der Waals surface area contributed by atoms with Crippen molar-refractivity contribution in [3.8, 4) is 17.2 Å². The van der Waals surface area contributed by atoms with E-state index < -0.39 is 10.8 Å². The van der Waals surface area contributed by atoms with E-state index in [1.54, 1.807) is 36.4 Å². The Morgan fingerprint density at radius 2 is 1.89 bits per heavy atom. The molecule has 0 saturated carbocycles. The molecule has 0 radical (unpaired) electrons. The van der Waals surface area contributed by atoms with Crippen molar-refractivity contribution in [2.24, 2.45) is 5.10 Å². The number of nitro groups is 1. The lowest BCUT2D eigenvalue weighted by molar-refractivity contribution is -0.384. The lowest BCUT2D eigenvalue weighted by atomic mass is 10.2. The molecule has 0 unspecified atom stereocenters. The number of rotatable bonds is 10. The molecule has 9 nitrogen and oxygen atoms in total. The van der Waals surface area contributed by atoms with E-state index in [2.05, 4.69) is 49.0 Å². The summed E-state index contributed by atoms with van der Waals surface area (Å²) >= 11 is 5.48. The number of hydrogen-bond donors (Lipinski definition) is 1. The van der Waals surface area contributed by atoms with Crippen LogP contribution in [0.4, 0.5) is 5.69 Å². The van der Waals surface area contributed by atoms with Gasteiger partial charge in [-0.2, -0.15) is 5.10 Å². The van der Waals surface area contributed by atoms with Gasteiger partial charge in [-0.05, 0) is 83.1 Å². The van der Waals surface area contributed by atoms with Crippen LogP contribution in [0.1, 0.15) is 28.4 Å². The van der Waals surface area contributed by atoms with E-state index >= 15 is 0 Å². The zero-order valence-electron chi connectivity index (χ0n) is 18.8. The first-order chi connectivity index (χ1) is 16.8. The van der Waals surface area contributed by atoms with Gasteiger partial charge in [0.05, 0.1) is 34.0 Å². The number of nitro benzene ring substituents is 1. The zero-order valence-corrected chi connectivity index (χ0v) is 22.5. The maximum Gasteiger partial charge on any atom is 0.275 e. The third-order valence-corrected chi connectivity index (χ3v) is 5.94. The second kappa shape index (κ2) is 12.5. The van der Waals surface area contributed by atoms with E-state index in [9.17, 15) is 14.9 Å². The van der Waals surface area contributed by atoms with Crippen molar-refractivity contribution >= 4 is 56.3 Å². The van der Waals surface area contributed by atoms with Crippen LogP contribution in [0.3, 0.4) is 0 Å². The van der Waals surface area contributed by atoms with Crippen molar-refractivity contribution in [1.29, 1.82) is 0 Å². The quantitative estimate of drug-likeness (QED) is 0.130. The summed E-state index contributed by atoms with van der Waals surface area (Å²) in [5.74, 6) is 1.08. The van der Waals surface area contributed by atoms with Crippen molar-refractivity contribution in [3.05, 3.63) is 89.4 Å². The molecule has 0 aliphatic heterocycles. The molecule has 0 saturated heterocycles. The van der Waals surface area contributed by atoms with Gasteiger partial charge in [0.1, 0.15) is 12.4 Å². The molecule has 11 heteroatoms. The molecule has 0 aliphatic rings. The Bertz CT molecular complexity index is 1250. The number of hydrazone groups is 1. The smallest absolute Gasteiger partial charge is 0.275 e. The Kier molecular flexibility index (Phi) is 9.43. The zero-order chi connectivity index (χ0) is 25.4. The van der Waals surface area contributed by atoms with Crippen molar-refractivity contribution < 1.29 is 23.9 Å². The van der Waals surface area contributed by atoms with Gasteiger partial charge in [0, 0.05) is 16.6 Å². The van der Waals surface area contributed by atoms with Crippen LogP contribution in [0, 0.1) is 13.7 Å². The molecule has 3 aromatic rings. The second-order valence-corrected chi connectivity index (χ2v) is 9.10. The summed E-state index contributed by atoms with van der Waals surface area (Å²) in [6.07, 6.45) is 1.51. The third-order valence-electron chi connectivity index (χ3n) is 4.65. The summed E-state index contributed by atoms with van der Waals surface area (Å²) in [4.78, 5) is 22.9. The van der Waals surface area contributed by atoms with Crippen LogP contribution in [0.5, 0.6) is 17.2 Å². The number of non-ortho nitro benzene ring substituents is 1. The summed E-state index contributed by atoms with van der Waals surface area (Å²) in [6, 6.07) is 14.9. The molecule has 1 amide bonds. The van der Waals surface area contributed by atoms with Gasteiger partial charge in [-0.3, -0.25) is 14.9 Å². The first-order valence-electron chi connectivity index (χ1n) is 10.3. The number of halogens is 2. The van der Waals surface area contributed by atoms with Crippen LogP contribution < -0.4 is 19.6 Å². The van der Waals surface area contributed by atoms with Gasteiger partial charge < -0.3 is 14.2 Å². The highest BCUT2D eigenvalue weighted by atomic mass is 127. The minimum atomic E-state index is -0.446. The molecule has 0 heterocycles. The second-order valence-electron chi connectivity index (χ2n) is 7.02. The molecular weight excluding hydrogens is 633 g/mol. The van der Waals surface area contributed by atoms with Gasteiger partial charge >= 0.3 is 0 Å². The maximum absolute atomic E-state index is 12.5. The monoisotopic (exact) mass is 653 g/mol. The fraction of sp³-hybridized carbons (Fsp3) is 0.167. The molecule has 1 N–H and O–H groups in total. The predicted molar refractivity (Wildman–Crippen MR) is 144 cm³/mol. The molecule has 182 valence electrons. The first kappa shape index (κ1) is 26.4. The highest BCUT2D eigenvalue weighted by Crippen LogP contribution is 2.34. The number of carbonyl (C=O) groups is 1. The van der Waals surface area contributed by atoms with Gasteiger partial charge in [-0.15, -0.1) is 0 Å². The van der Waals surface area contributed by atoms with Crippen molar-refractivity contribution in [3.63, 3.8) is 0 Å². The van der Waals surface area contributed by atoms with Crippen LogP contribution in [0.25, 0.3) is 0 Å². The summed E-state index contributed by atoms with van der Waals surface area (Å²) < 4.78 is 18.5. The largest absolute Gasteiger partial charge is 0.496 e. The van der Waals surface area contributed by atoms with Gasteiger partial charge in [0.25, 0.3) is 11.6 Å². The topological polar surface area (TPSA) is 112 Å². The minimum Gasteiger partial charge on any atom is -0.496 e. The molecular formula is C24H21BrIN3O6. The lowest BCUT2D eigenvalue weighted by Crippen LogP contribution is -2.18. The van der Waals surface area contributed by atoms with Crippen LogP contribution in [-0.4, -0.2) is 30.8 Å². The number of carbonyl (C=O) groups excluding carboxylic acids is 1. The number of nitrogens with one attached hydrogen (secondary N) is 1. The Morgan fingerprint density at radius 3 is 2.54 bits per heavy atom. The molecule has 0 aromatic heterocycles. The number of nitrogens with zero attached hydrogens (tertiary/aromatic N) is 2. The van der Waals surface area contributed by atoms with Crippen LogP contribution >= 0.6 is 38.5 Å². The Labute approximate surface area is 223 Å². The average molecular weight is 654 g/mol. The number of hydrogen-bond acceptors (Lipinski definition) is 7. The van der Waals surface area contributed by atoms with Gasteiger partial charge in [0.2, 0.25) is 0 Å². The van der Waals surface area contributed by atoms with Crippen molar-refractivity contribution in [2.45, 2.75) is 13.5 Å². The standard InChI is InChI=1S/C24H21BrIN3O6/c1-3-34-22-11-16(13-27-28-24(30)19-12-17(25)6-9-21(19)33-2)10-20(26)23(22)35-14-15-4-7-18(8-5-15)29(31)32/h4-13H,3,14H2,1-2H3,(H,28,30)/b27-13-. The normalized spacial score (nSPS) is 10.7. The van der Waals surface area contributed by atoms with Gasteiger partial charge in [-0.1, -0.05) is 15.9 Å². The van der Waals surface area contributed by atoms with Gasteiger partial charge in [0.15, 0.2) is 11.5 Å². The SMILES string of the molecule is CCOc1cc(/C=N\NC(=O)c2cc(Br)ccc2OC)cc(I)c1OCc1ccc([N+](=O)[O-])cc1. The Balaban J connectivity index is 1.73. The average Bonchev–Trinajstić information content (AvgIpc) is 2.84. The van der Waals surface area contributed by atoms with Gasteiger partial charge in [-0.25, -0.2) is 5.43 Å². The van der Waals surface area contributed by atoms with E-state index in [0.29, 0.717) is 35.0 Å². The Morgan fingerprint density at radius 1 is 1.14 bits per heavy atom. The molecule has 3 aromatic carbocycles. The van der Waals surface area contributed by atoms with Crippen molar-refractivity contribution in [2.75, 3.05) is 13.7 Å². The highest BCUT2D eigenvalue weighted by molar-refractivity contribution is 14.1. The molecule has 0 spiro atoms. The van der Waals surface area contributed by atoms with Crippen molar-refractivity contribution in [1.82, 2.24) is 5.43 Å². The maximum atomic E-state index is 12.5. The van der Waals surface area contributed by atoms with E-state index in [1.165, 1.54) is 25.5 Å². The third kappa shape index (κ3) is 7.15. The van der Waals surface area contributed by atoms with E-state index in [0.717, 1.165) is 13.6 Å². The number of benzene rings is 3. The number of methoxy groups -OCH3 is 1. The fourth-order valence-corrected chi connectivity index (χ4v) is 4.16. The highest BCUT2D eigenvalue weighted by Gasteiger charge is 2.14. The summed E-state index contributed by atoms with van der Waals surface area (Å²) in [5, 5.41) is 14.9. The van der Waals surface area contributed by atoms with E-state index in [-0.39, 0.29) is 12.3 Å². The molecule has 0 bridgehead atoms. The molecule has 3 rings (SSSR count). The number of ether oxygens (including phenoxy) is 3. The minimum absolute atomic E-state index is 0.0207. The van der Waals surface area contributed by atoms with Crippen LogP contribution in [-0.2, 0) is 6.61 Å². The predicted octanol–water partition coefficient (Wildman–Crippen LogP) is 5.71. The van der Waals surface area contributed by atoms with Crippen LogP contribution in [0.2, 0.25) is 0 Å².